The first-order chi connectivity index (χ1) is 11.3. The van der Waals surface area contributed by atoms with Gasteiger partial charge in [0, 0.05) is 10.5 Å². The molecule has 0 radical (unpaired) electrons. The van der Waals surface area contributed by atoms with Crippen LogP contribution in [0.5, 0.6) is 0 Å². The Bertz CT molecular complexity index is 875. The number of carbonyl (C=O) groups is 1. The summed E-state index contributed by atoms with van der Waals surface area (Å²) < 4.78 is 6.12. The summed E-state index contributed by atoms with van der Waals surface area (Å²) in [7, 11) is 1.26. The number of carbonyl (C=O) groups excluding carboxylic acids is 1. The molecular formula is C19H14O2S2. The van der Waals surface area contributed by atoms with Gasteiger partial charge in [0.1, 0.15) is 0 Å². The molecule has 1 unspecified atom stereocenters. The number of hydrogen-bond acceptors (Lipinski definition) is 3. The van der Waals surface area contributed by atoms with Crippen LogP contribution < -0.4 is 0 Å². The molecule has 0 saturated carbocycles. The summed E-state index contributed by atoms with van der Waals surface area (Å²) in [5, 5.41) is 0. The Kier molecular flexibility index (Phi) is 3.71. The van der Waals surface area contributed by atoms with Gasteiger partial charge in [0.05, 0.1) is 20.2 Å². The molecule has 4 rings (SSSR count). The lowest BCUT2D eigenvalue weighted by atomic mass is 10.0. The summed E-state index contributed by atoms with van der Waals surface area (Å²) in [4.78, 5) is 13.8. The monoisotopic (exact) mass is 338 g/mol. The van der Waals surface area contributed by atoms with Crippen molar-refractivity contribution in [2.24, 2.45) is 0 Å². The van der Waals surface area contributed by atoms with E-state index in [2.05, 4.69) is 18.2 Å². The Morgan fingerprint density at radius 2 is 1.74 bits per heavy atom. The summed E-state index contributed by atoms with van der Waals surface area (Å²) in [6.07, 6.45) is 3.01. The fraction of sp³-hybridized carbons (Fsp3) is 0.0526. The van der Waals surface area contributed by atoms with Crippen molar-refractivity contribution in [3.63, 3.8) is 0 Å². The normalized spacial score (nSPS) is 19.4. The lowest BCUT2D eigenvalue weighted by Gasteiger charge is -2.09. The minimum Gasteiger partial charge on any atom is -0.421 e. The van der Waals surface area contributed by atoms with Gasteiger partial charge in [-0.3, -0.25) is 4.79 Å². The van der Waals surface area contributed by atoms with E-state index < -0.39 is 9.80 Å². The van der Waals surface area contributed by atoms with Crippen molar-refractivity contribution in [3.05, 3.63) is 82.9 Å². The van der Waals surface area contributed by atoms with Gasteiger partial charge in [0.15, 0.2) is 12.0 Å². The quantitative estimate of drug-likeness (QED) is 0.448. The molecule has 2 heterocycles. The molecular weight excluding hydrogens is 324 g/mol. The third-order valence-electron chi connectivity index (χ3n) is 3.77. The molecule has 1 atom stereocenters. The van der Waals surface area contributed by atoms with E-state index in [0.29, 0.717) is 11.3 Å². The number of rotatable bonds is 3. The zero-order chi connectivity index (χ0) is 15.8. The summed E-state index contributed by atoms with van der Waals surface area (Å²) in [5.74, 6) is 0.703. The van der Waals surface area contributed by atoms with E-state index >= 15 is 0 Å². The minimum atomic E-state index is -0.429. The van der Waals surface area contributed by atoms with Gasteiger partial charge >= 0.3 is 0 Å². The first-order valence-corrected chi connectivity index (χ1v) is 9.76. The molecule has 23 heavy (non-hydrogen) atoms. The highest BCUT2D eigenvalue weighted by Gasteiger charge is 2.31. The topological polar surface area (TPSA) is 26.3 Å². The molecule has 2 aliphatic heterocycles. The summed E-state index contributed by atoms with van der Waals surface area (Å²) in [5.41, 5.74) is 3.99. The molecule has 0 bridgehead atoms. The second-order valence-electron chi connectivity index (χ2n) is 5.37. The first kappa shape index (κ1) is 14.5. The Balaban J connectivity index is 1.72. The zero-order valence-corrected chi connectivity index (χ0v) is 14.1. The van der Waals surface area contributed by atoms with Crippen LogP contribution in [-0.2, 0) is 8.98 Å². The second-order valence-corrected chi connectivity index (χ2v) is 8.46. The molecule has 0 spiro atoms. The maximum Gasteiger partial charge on any atom is 0.156 e. The number of benzene rings is 2. The Hall–Kier alpha value is -2.04. The van der Waals surface area contributed by atoms with Crippen molar-refractivity contribution in [1.82, 2.24) is 0 Å². The third-order valence-corrected chi connectivity index (χ3v) is 7.20. The highest BCUT2D eigenvalue weighted by molar-refractivity contribution is 8.86. The molecule has 0 N–H and O–H groups in total. The van der Waals surface area contributed by atoms with Crippen molar-refractivity contribution in [2.45, 2.75) is 6.92 Å². The summed E-state index contributed by atoms with van der Waals surface area (Å²) in [6, 6.07) is 18.3. The number of hydrogen-bond donors (Lipinski definition) is 0. The fourth-order valence-corrected chi connectivity index (χ4v) is 6.17. The molecule has 2 aromatic rings. The van der Waals surface area contributed by atoms with E-state index in [1.54, 1.807) is 10.8 Å². The lowest BCUT2D eigenvalue weighted by molar-refractivity contribution is -0.104. The van der Waals surface area contributed by atoms with Gasteiger partial charge < -0.3 is 4.18 Å². The van der Waals surface area contributed by atoms with Gasteiger partial charge in [-0.25, -0.2) is 0 Å². The smallest absolute Gasteiger partial charge is 0.156 e. The predicted octanol–water partition coefficient (Wildman–Crippen LogP) is 4.99. The first-order valence-electron chi connectivity index (χ1n) is 7.28. The van der Waals surface area contributed by atoms with E-state index in [4.69, 9.17) is 4.18 Å². The number of aldehydes is 1. The molecule has 2 aliphatic rings. The van der Waals surface area contributed by atoms with Crippen LogP contribution in [0, 0.1) is 6.92 Å². The van der Waals surface area contributed by atoms with E-state index in [1.165, 1.54) is 5.56 Å². The molecule has 0 fully saturated rings. The van der Waals surface area contributed by atoms with E-state index in [-0.39, 0.29) is 0 Å². The van der Waals surface area contributed by atoms with E-state index in [0.717, 1.165) is 27.2 Å². The molecule has 2 aromatic carbocycles. The van der Waals surface area contributed by atoms with Crippen LogP contribution in [0.15, 0.2) is 66.2 Å². The van der Waals surface area contributed by atoms with Crippen molar-refractivity contribution < 1.29 is 8.98 Å². The molecule has 0 aromatic heterocycles. The van der Waals surface area contributed by atoms with Gasteiger partial charge in [-0.15, -0.1) is 0 Å². The van der Waals surface area contributed by atoms with Gasteiger partial charge in [0.25, 0.3) is 0 Å². The van der Waals surface area contributed by atoms with E-state index in [9.17, 15) is 4.79 Å². The van der Waals surface area contributed by atoms with Gasteiger partial charge in [-0.2, -0.15) is 0 Å². The van der Waals surface area contributed by atoms with Crippen LogP contribution in [0.3, 0.4) is 0 Å². The molecule has 0 amide bonds. The SMILES string of the molecule is Cc1ccc(C2=C(C=O)C3=S(O2)SC(c2ccccc2)=C3)cc1. The highest BCUT2D eigenvalue weighted by Crippen LogP contribution is 2.56. The summed E-state index contributed by atoms with van der Waals surface area (Å²) >= 11 is 0. The molecule has 4 heteroatoms. The van der Waals surface area contributed by atoms with Crippen LogP contribution in [0.1, 0.15) is 16.7 Å². The Morgan fingerprint density at radius 3 is 2.43 bits per heavy atom. The minimum absolute atomic E-state index is 0.429. The maximum atomic E-state index is 11.7. The standard InChI is InChI=1S/C19H14O2S2/c1-13-7-9-15(10-8-13)19-16(12-20)18-11-17(22-23(18)21-19)14-5-3-2-4-6-14/h2-12H,1H3. The van der Waals surface area contributed by atoms with Crippen molar-refractivity contribution in [3.8, 4) is 0 Å². The average Bonchev–Trinajstić information content (AvgIpc) is 3.14. The van der Waals surface area contributed by atoms with Gasteiger partial charge in [-0.1, -0.05) is 60.2 Å². The van der Waals surface area contributed by atoms with Crippen molar-refractivity contribution >= 4 is 42.4 Å². The van der Waals surface area contributed by atoms with Crippen LogP contribution in [-0.4, -0.2) is 11.2 Å². The van der Waals surface area contributed by atoms with Crippen LogP contribution in [0.25, 0.3) is 10.7 Å². The Morgan fingerprint density at radius 1 is 1.00 bits per heavy atom. The third kappa shape index (κ3) is 2.58. The van der Waals surface area contributed by atoms with Gasteiger partial charge in [-0.05, 0) is 29.4 Å². The molecule has 0 aliphatic carbocycles. The second kappa shape index (κ2) is 5.87. The number of aryl methyl sites for hydroxylation is 1. The van der Waals surface area contributed by atoms with Crippen molar-refractivity contribution in [2.75, 3.05) is 0 Å². The van der Waals surface area contributed by atoms with E-state index in [1.807, 2.05) is 49.4 Å². The van der Waals surface area contributed by atoms with Crippen LogP contribution in [0.2, 0.25) is 0 Å². The largest absolute Gasteiger partial charge is 0.421 e. The molecule has 0 saturated heterocycles. The van der Waals surface area contributed by atoms with Crippen molar-refractivity contribution in [1.29, 1.82) is 0 Å². The number of allylic oxidation sites excluding steroid dienone is 2. The fourth-order valence-electron chi connectivity index (χ4n) is 2.53. The van der Waals surface area contributed by atoms with Gasteiger partial charge in [0.2, 0.25) is 0 Å². The summed E-state index contributed by atoms with van der Waals surface area (Å²) in [6.45, 7) is 2.05. The van der Waals surface area contributed by atoms with Crippen LogP contribution >= 0.6 is 20.6 Å². The highest BCUT2D eigenvalue weighted by atomic mass is 33.1. The lowest BCUT2D eigenvalue weighted by Crippen LogP contribution is -1.98. The predicted molar refractivity (Wildman–Crippen MR) is 99.9 cm³/mol. The van der Waals surface area contributed by atoms with Crippen LogP contribution in [0.4, 0.5) is 0 Å². The maximum absolute atomic E-state index is 11.7. The average molecular weight is 338 g/mol. The Labute approximate surface area is 141 Å². The zero-order valence-electron chi connectivity index (χ0n) is 12.5. The molecule has 2 nitrogen and oxygen atoms in total. The molecule has 114 valence electrons.